The molecule has 5 N–H and O–H groups in total. The highest BCUT2D eigenvalue weighted by molar-refractivity contribution is 7.89. The molecule has 1 fully saturated rings. The van der Waals surface area contributed by atoms with Gasteiger partial charge in [0.15, 0.2) is 10.9 Å². The molecule has 1 aliphatic rings. The lowest BCUT2D eigenvalue weighted by Crippen LogP contribution is -2.46. The molecular formula is C13H19ClN4O4S2. The average molecular weight is 395 g/mol. The Morgan fingerprint density at radius 3 is 2.92 bits per heavy atom. The normalized spacial score (nSPS) is 18.7. The van der Waals surface area contributed by atoms with E-state index in [9.17, 15) is 13.5 Å². The lowest BCUT2D eigenvalue weighted by Gasteiger charge is -2.25. The highest BCUT2D eigenvalue weighted by Crippen LogP contribution is 2.37. The lowest BCUT2D eigenvalue weighted by molar-refractivity contribution is 0.104. The molecule has 0 unspecified atom stereocenters. The molecule has 0 aromatic heterocycles. The van der Waals surface area contributed by atoms with Gasteiger partial charge in [0.25, 0.3) is 10.0 Å². The van der Waals surface area contributed by atoms with Crippen LogP contribution >= 0.6 is 23.8 Å². The van der Waals surface area contributed by atoms with Crippen LogP contribution in [0.1, 0.15) is 12.8 Å². The number of phenols is 1. The van der Waals surface area contributed by atoms with E-state index in [1.165, 1.54) is 12.1 Å². The fourth-order valence-electron chi connectivity index (χ4n) is 2.56. The Bertz CT molecular complexity index is 729. The molecule has 24 heavy (non-hydrogen) atoms. The summed E-state index contributed by atoms with van der Waals surface area (Å²) in [6, 6.07) is 2.65. The van der Waals surface area contributed by atoms with Crippen LogP contribution in [0.15, 0.2) is 17.0 Å². The molecular weight excluding hydrogens is 376 g/mol. The van der Waals surface area contributed by atoms with Gasteiger partial charge in [0, 0.05) is 19.7 Å². The second kappa shape index (κ2) is 7.81. The summed E-state index contributed by atoms with van der Waals surface area (Å²) in [4.78, 5) is 2.02. The number of benzene rings is 1. The summed E-state index contributed by atoms with van der Waals surface area (Å²) in [5.41, 5.74) is 5.42. The number of halogens is 1. The molecule has 0 aliphatic carbocycles. The molecule has 1 aliphatic heterocycles. The third-order valence-corrected chi connectivity index (χ3v) is 5.54. The summed E-state index contributed by atoms with van der Waals surface area (Å²) in [7, 11) is -2.55. The average Bonchev–Trinajstić information content (AvgIpc) is 2.88. The molecule has 2 rings (SSSR count). The number of nitrogens with zero attached hydrogens (tertiary/aromatic N) is 1. The number of nitrogens with one attached hydrogen (secondary N) is 2. The number of phenolic OH excluding ortho intramolecular Hbond substituents is 1. The second-order valence-corrected chi connectivity index (χ2v) is 7.75. The summed E-state index contributed by atoms with van der Waals surface area (Å²) in [5.74, 6) is -0.551. The summed E-state index contributed by atoms with van der Waals surface area (Å²) < 4.78 is 30.5. The number of sulfonamides is 1. The Kier molecular flexibility index (Phi) is 6.23. The zero-order valence-electron chi connectivity index (χ0n) is 13.0. The molecule has 11 heteroatoms. The quantitative estimate of drug-likeness (QED) is 0.417. The first-order valence-corrected chi connectivity index (χ1v) is 9.39. The van der Waals surface area contributed by atoms with Crippen LogP contribution in [0.2, 0.25) is 5.02 Å². The molecule has 1 saturated heterocycles. The molecule has 134 valence electrons. The largest absolute Gasteiger partial charge is 0.504 e. The summed E-state index contributed by atoms with van der Waals surface area (Å²) in [6.45, 7) is 0.932. The maximum absolute atomic E-state index is 12.7. The van der Waals surface area contributed by atoms with E-state index in [1.54, 1.807) is 12.1 Å². The van der Waals surface area contributed by atoms with Crippen molar-refractivity contribution < 1.29 is 18.3 Å². The predicted molar refractivity (Wildman–Crippen MR) is 95.5 cm³/mol. The van der Waals surface area contributed by atoms with Gasteiger partial charge in [-0.3, -0.25) is 0 Å². The number of anilines is 1. The van der Waals surface area contributed by atoms with E-state index >= 15 is 0 Å². The van der Waals surface area contributed by atoms with Crippen LogP contribution in [-0.2, 0) is 14.8 Å². The fourth-order valence-corrected chi connectivity index (χ4v) is 4.45. The van der Waals surface area contributed by atoms with E-state index < -0.39 is 20.7 Å². The number of ether oxygens (including phenoxy) is 1. The number of hydrogen-bond donors (Lipinski definition) is 4. The number of hydrazine groups is 1. The van der Waals surface area contributed by atoms with Crippen molar-refractivity contribution in [3.05, 3.63) is 17.2 Å². The van der Waals surface area contributed by atoms with Crippen LogP contribution in [-0.4, -0.2) is 49.9 Å². The van der Waals surface area contributed by atoms with Gasteiger partial charge in [-0.15, -0.1) is 4.83 Å². The molecule has 0 amide bonds. The molecule has 8 nitrogen and oxygen atoms in total. The molecule has 0 radical (unpaired) electrons. The Morgan fingerprint density at radius 2 is 2.29 bits per heavy atom. The van der Waals surface area contributed by atoms with Crippen molar-refractivity contribution in [2.24, 2.45) is 5.73 Å². The first-order chi connectivity index (χ1) is 11.3. The lowest BCUT2D eigenvalue weighted by atomic mass is 10.2. The van der Waals surface area contributed by atoms with E-state index in [1.807, 2.05) is 0 Å². The minimum atomic E-state index is -4.10. The summed E-state index contributed by atoms with van der Waals surface area (Å²) >= 11 is 10.7. The smallest absolute Gasteiger partial charge is 0.258 e. The van der Waals surface area contributed by atoms with Crippen LogP contribution in [0.3, 0.4) is 0 Å². The first kappa shape index (κ1) is 19.2. The molecule has 1 heterocycles. The van der Waals surface area contributed by atoms with E-state index in [-0.39, 0.29) is 21.9 Å². The van der Waals surface area contributed by atoms with Crippen LogP contribution in [0.4, 0.5) is 5.69 Å². The molecule has 0 spiro atoms. The maximum atomic E-state index is 12.7. The predicted octanol–water partition coefficient (Wildman–Crippen LogP) is 1.01. The van der Waals surface area contributed by atoms with Gasteiger partial charge in [-0.2, -0.15) is 0 Å². The first-order valence-electron chi connectivity index (χ1n) is 7.12. The minimum Gasteiger partial charge on any atom is -0.504 e. The molecule has 0 saturated carbocycles. The number of aromatic hydroxyl groups is 1. The Balaban J connectivity index is 2.33. The Morgan fingerprint density at radius 1 is 1.58 bits per heavy atom. The Labute approximate surface area is 150 Å². The van der Waals surface area contributed by atoms with E-state index in [0.29, 0.717) is 13.2 Å². The fraction of sp³-hybridized carbons (Fsp3) is 0.462. The highest BCUT2D eigenvalue weighted by atomic mass is 35.5. The van der Waals surface area contributed by atoms with Crippen LogP contribution in [0, 0.1) is 0 Å². The zero-order valence-corrected chi connectivity index (χ0v) is 15.3. The van der Waals surface area contributed by atoms with Crippen molar-refractivity contribution in [3.63, 3.8) is 0 Å². The van der Waals surface area contributed by atoms with Gasteiger partial charge in [-0.25, -0.2) is 13.4 Å². The van der Waals surface area contributed by atoms with E-state index in [0.717, 1.165) is 12.8 Å². The molecule has 1 atom stereocenters. The molecule has 1 aromatic carbocycles. The second-order valence-electron chi connectivity index (χ2n) is 5.30. The van der Waals surface area contributed by atoms with Crippen molar-refractivity contribution in [2.75, 3.05) is 25.6 Å². The number of thiocarbonyl (C=S) groups is 1. The number of hydrogen-bond acceptors (Lipinski definition) is 6. The molecule has 0 bridgehead atoms. The standard InChI is InChI=1S/C13H19ClN4O4S2/c1-22-7-8-3-2-6-18(8)17-24(20,21)12-9(14)4-5-10(11(12)19)16-13(15)23/h4-5,8,17,19H,2-3,6-7H2,1H3,(H3,15,16,23)/t8-/m1/s1. The highest BCUT2D eigenvalue weighted by Gasteiger charge is 2.32. The van der Waals surface area contributed by atoms with E-state index in [4.69, 9.17) is 34.3 Å². The number of nitrogens with two attached hydrogens (primary N) is 1. The van der Waals surface area contributed by atoms with Crippen molar-refractivity contribution in [1.82, 2.24) is 9.84 Å². The van der Waals surface area contributed by atoms with Gasteiger partial charge in [-0.1, -0.05) is 11.6 Å². The summed E-state index contributed by atoms with van der Waals surface area (Å²) in [5, 5.41) is 14.1. The maximum Gasteiger partial charge on any atom is 0.258 e. The van der Waals surface area contributed by atoms with Gasteiger partial charge in [0.1, 0.15) is 4.90 Å². The van der Waals surface area contributed by atoms with Crippen LogP contribution in [0.25, 0.3) is 0 Å². The van der Waals surface area contributed by atoms with Crippen molar-refractivity contribution in [2.45, 2.75) is 23.8 Å². The minimum absolute atomic E-state index is 0.0575. The third-order valence-electron chi connectivity index (χ3n) is 3.58. The van der Waals surface area contributed by atoms with Gasteiger partial charge in [0.05, 0.1) is 17.3 Å². The van der Waals surface area contributed by atoms with Gasteiger partial charge in [0.2, 0.25) is 0 Å². The summed E-state index contributed by atoms with van der Waals surface area (Å²) in [6.07, 6.45) is 1.64. The van der Waals surface area contributed by atoms with Crippen molar-refractivity contribution in [1.29, 1.82) is 0 Å². The number of methoxy groups -OCH3 is 1. The molecule has 1 aromatic rings. The van der Waals surface area contributed by atoms with Crippen molar-refractivity contribution in [3.8, 4) is 5.75 Å². The van der Waals surface area contributed by atoms with Crippen LogP contribution in [0.5, 0.6) is 5.75 Å². The third kappa shape index (κ3) is 4.26. The van der Waals surface area contributed by atoms with E-state index in [2.05, 4.69) is 10.1 Å². The number of rotatable bonds is 6. The van der Waals surface area contributed by atoms with Crippen molar-refractivity contribution >= 4 is 44.6 Å². The SMILES string of the molecule is COC[C@H]1CCCN1NS(=O)(=O)c1c(Cl)ccc(NC(N)=S)c1O. The van der Waals surface area contributed by atoms with Gasteiger partial charge >= 0.3 is 0 Å². The van der Waals surface area contributed by atoms with Crippen LogP contribution < -0.4 is 15.9 Å². The zero-order chi connectivity index (χ0) is 17.9. The monoisotopic (exact) mass is 394 g/mol. The van der Waals surface area contributed by atoms with Gasteiger partial charge < -0.3 is 20.9 Å². The Hall–Kier alpha value is -1.17. The van der Waals surface area contributed by atoms with Gasteiger partial charge in [-0.05, 0) is 37.2 Å². The topological polar surface area (TPSA) is 117 Å².